The first-order valence-electron chi connectivity index (χ1n) is 6.51. The van der Waals surface area contributed by atoms with Crippen LogP contribution < -0.4 is 14.8 Å². The van der Waals surface area contributed by atoms with Crippen molar-refractivity contribution in [2.45, 2.75) is 13.3 Å². The lowest BCUT2D eigenvalue weighted by molar-refractivity contribution is 0.318. The van der Waals surface area contributed by atoms with Crippen molar-refractivity contribution in [1.82, 2.24) is 0 Å². The van der Waals surface area contributed by atoms with Gasteiger partial charge in [0.25, 0.3) is 0 Å². The molecule has 0 spiro atoms. The molecule has 0 atom stereocenters. The molecule has 100 valence electrons. The van der Waals surface area contributed by atoms with Gasteiger partial charge in [0.2, 0.25) is 0 Å². The van der Waals surface area contributed by atoms with Crippen molar-refractivity contribution in [1.29, 1.82) is 0 Å². The Morgan fingerprint density at radius 1 is 1.00 bits per heavy atom. The fourth-order valence-corrected chi connectivity index (χ4v) is 1.73. The number of benzene rings is 2. The van der Waals surface area contributed by atoms with Gasteiger partial charge in [-0.1, -0.05) is 25.1 Å². The standard InChI is InChI=1S/C16H19NO2/c1-3-11-18-16-10-9-14(12-15(16)17-2)19-13-7-5-4-6-8-13/h4-10,12,17H,3,11H2,1-2H3. The fraction of sp³-hybridized carbons (Fsp3) is 0.250. The van der Waals surface area contributed by atoms with E-state index >= 15 is 0 Å². The minimum atomic E-state index is 0.716. The minimum absolute atomic E-state index is 0.716. The molecule has 2 rings (SSSR count). The van der Waals surface area contributed by atoms with E-state index < -0.39 is 0 Å². The molecule has 0 saturated carbocycles. The molecule has 0 heterocycles. The smallest absolute Gasteiger partial charge is 0.142 e. The molecule has 0 radical (unpaired) electrons. The summed E-state index contributed by atoms with van der Waals surface area (Å²) >= 11 is 0. The summed E-state index contributed by atoms with van der Waals surface area (Å²) in [6, 6.07) is 15.5. The minimum Gasteiger partial charge on any atom is -0.491 e. The lowest BCUT2D eigenvalue weighted by atomic mass is 10.2. The van der Waals surface area contributed by atoms with Gasteiger partial charge in [0.1, 0.15) is 17.2 Å². The average Bonchev–Trinajstić information content (AvgIpc) is 2.47. The first-order valence-corrected chi connectivity index (χ1v) is 6.51. The maximum Gasteiger partial charge on any atom is 0.142 e. The number of para-hydroxylation sites is 1. The largest absolute Gasteiger partial charge is 0.491 e. The first-order chi connectivity index (χ1) is 9.33. The van der Waals surface area contributed by atoms with Gasteiger partial charge in [0, 0.05) is 13.1 Å². The Labute approximate surface area is 114 Å². The maximum atomic E-state index is 5.78. The van der Waals surface area contributed by atoms with Crippen molar-refractivity contribution >= 4 is 5.69 Å². The quantitative estimate of drug-likeness (QED) is 0.836. The molecule has 0 aliphatic heterocycles. The number of hydrogen-bond acceptors (Lipinski definition) is 3. The SMILES string of the molecule is CCCOc1ccc(Oc2ccccc2)cc1NC. The Morgan fingerprint density at radius 3 is 2.47 bits per heavy atom. The van der Waals surface area contributed by atoms with Gasteiger partial charge in [-0.2, -0.15) is 0 Å². The molecule has 19 heavy (non-hydrogen) atoms. The summed E-state index contributed by atoms with van der Waals surface area (Å²) in [6.07, 6.45) is 0.991. The van der Waals surface area contributed by atoms with Crippen LogP contribution >= 0.6 is 0 Å². The Hall–Kier alpha value is -2.16. The molecular formula is C16H19NO2. The molecule has 2 aromatic carbocycles. The van der Waals surface area contributed by atoms with E-state index in [2.05, 4.69) is 12.2 Å². The summed E-state index contributed by atoms with van der Waals surface area (Å²) in [5, 5.41) is 3.13. The third-order valence-corrected chi connectivity index (χ3v) is 2.66. The highest BCUT2D eigenvalue weighted by atomic mass is 16.5. The molecule has 3 heteroatoms. The zero-order valence-corrected chi connectivity index (χ0v) is 11.3. The zero-order valence-electron chi connectivity index (χ0n) is 11.3. The second-order valence-electron chi connectivity index (χ2n) is 4.17. The molecular weight excluding hydrogens is 238 g/mol. The molecule has 0 saturated heterocycles. The summed E-state index contributed by atoms with van der Waals surface area (Å²) < 4.78 is 11.4. The van der Waals surface area contributed by atoms with Crippen LogP contribution in [0.2, 0.25) is 0 Å². The van der Waals surface area contributed by atoms with Crippen LogP contribution in [-0.4, -0.2) is 13.7 Å². The molecule has 0 aromatic heterocycles. The van der Waals surface area contributed by atoms with Crippen LogP contribution in [0.15, 0.2) is 48.5 Å². The van der Waals surface area contributed by atoms with Gasteiger partial charge in [-0.25, -0.2) is 0 Å². The first kappa shape index (κ1) is 13.3. The van der Waals surface area contributed by atoms with Crippen LogP contribution in [0.5, 0.6) is 17.2 Å². The van der Waals surface area contributed by atoms with Gasteiger partial charge in [-0.15, -0.1) is 0 Å². The van der Waals surface area contributed by atoms with E-state index in [1.165, 1.54) is 0 Å². The predicted octanol–water partition coefficient (Wildman–Crippen LogP) is 4.31. The summed E-state index contributed by atoms with van der Waals surface area (Å²) in [6.45, 7) is 2.81. The molecule has 0 aliphatic carbocycles. The van der Waals surface area contributed by atoms with E-state index in [1.807, 2.05) is 55.6 Å². The maximum absolute atomic E-state index is 5.78. The summed E-state index contributed by atoms with van der Waals surface area (Å²) in [7, 11) is 1.88. The molecule has 1 N–H and O–H groups in total. The van der Waals surface area contributed by atoms with Gasteiger partial charge in [-0.05, 0) is 30.7 Å². The van der Waals surface area contributed by atoms with E-state index in [9.17, 15) is 0 Å². The Bertz CT molecular complexity index is 511. The van der Waals surface area contributed by atoms with Crippen LogP contribution in [0.4, 0.5) is 5.69 Å². The van der Waals surface area contributed by atoms with Gasteiger partial charge >= 0.3 is 0 Å². The van der Waals surface area contributed by atoms with Crippen molar-refractivity contribution in [3.05, 3.63) is 48.5 Å². The van der Waals surface area contributed by atoms with Gasteiger partial charge in [0.05, 0.1) is 12.3 Å². The molecule has 3 nitrogen and oxygen atoms in total. The Morgan fingerprint density at radius 2 is 1.79 bits per heavy atom. The third kappa shape index (κ3) is 3.65. The van der Waals surface area contributed by atoms with E-state index in [0.29, 0.717) is 6.61 Å². The summed E-state index contributed by atoms with van der Waals surface area (Å²) in [4.78, 5) is 0. The van der Waals surface area contributed by atoms with Crippen molar-refractivity contribution < 1.29 is 9.47 Å². The van der Waals surface area contributed by atoms with Crippen molar-refractivity contribution in [3.63, 3.8) is 0 Å². The molecule has 0 fully saturated rings. The normalized spacial score (nSPS) is 10.0. The van der Waals surface area contributed by atoms with Crippen LogP contribution in [0.3, 0.4) is 0 Å². The van der Waals surface area contributed by atoms with Crippen molar-refractivity contribution in [2.24, 2.45) is 0 Å². The lowest BCUT2D eigenvalue weighted by Gasteiger charge is -2.13. The summed E-state index contributed by atoms with van der Waals surface area (Å²) in [5.41, 5.74) is 0.932. The number of nitrogens with one attached hydrogen (secondary N) is 1. The number of anilines is 1. The molecule has 0 amide bonds. The van der Waals surface area contributed by atoms with E-state index in [1.54, 1.807) is 0 Å². The monoisotopic (exact) mass is 257 g/mol. The van der Waals surface area contributed by atoms with Gasteiger partial charge in [0.15, 0.2) is 0 Å². The van der Waals surface area contributed by atoms with Crippen LogP contribution in [0, 0.1) is 0 Å². The van der Waals surface area contributed by atoms with Crippen molar-refractivity contribution in [3.8, 4) is 17.2 Å². The lowest BCUT2D eigenvalue weighted by Crippen LogP contribution is -1.99. The van der Waals surface area contributed by atoms with Gasteiger partial charge in [-0.3, -0.25) is 0 Å². The second kappa shape index (κ2) is 6.69. The molecule has 0 unspecified atom stereocenters. The Balaban J connectivity index is 2.14. The highest BCUT2D eigenvalue weighted by Gasteiger charge is 2.05. The summed E-state index contributed by atoms with van der Waals surface area (Å²) in [5.74, 6) is 2.47. The van der Waals surface area contributed by atoms with E-state index in [0.717, 1.165) is 29.4 Å². The van der Waals surface area contributed by atoms with E-state index in [-0.39, 0.29) is 0 Å². The average molecular weight is 257 g/mol. The van der Waals surface area contributed by atoms with E-state index in [4.69, 9.17) is 9.47 Å². The van der Waals surface area contributed by atoms with Gasteiger partial charge < -0.3 is 14.8 Å². The zero-order chi connectivity index (χ0) is 13.5. The van der Waals surface area contributed by atoms with Crippen molar-refractivity contribution in [2.75, 3.05) is 19.0 Å². The molecule has 0 bridgehead atoms. The Kier molecular flexibility index (Phi) is 4.67. The predicted molar refractivity (Wildman–Crippen MR) is 78.3 cm³/mol. The number of hydrogen-bond donors (Lipinski definition) is 1. The van der Waals surface area contributed by atoms with Crippen LogP contribution in [-0.2, 0) is 0 Å². The highest BCUT2D eigenvalue weighted by Crippen LogP contribution is 2.31. The van der Waals surface area contributed by atoms with Crippen LogP contribution in [0.25, 0.3) is 0 Å². The highest BCUT2D eigenvalue weighted by molar-refractivity contribution is 5.59. The molecule has 2 aromatic rings. The fourth-order valence-electron chi connectivity index (χ4n) is 1.73. The molecule has 0 aliphatic rings. The number of ether oxygens (including phenoxy) is 2. The third-order valence-electron chi connectivity index (χ3n) is 2.66. The number of rotatable bonds is 6. The second-order valence-corrected chi connectivity index (χ2v) is 4.17. The van der Waals surface area contributed by atoms with Crippen LogP contribution in [0.1, 0.15) is 13.3 Å². The topological polar surface area (TPSA) is 30.5 Å².